The summed E-state index contributed by atoms with van der Waals surface area (Å²) in [5.41, 5.74) is 4.03. The summed E-state index contributed by atoms with van der Waals surface area (Å²) in [4.78, 5) is 38.6. The fourth-order valence-corrected chi connectivity index (χ4v) is 3.51. The van der Waals surface area contributed by atoms with Gasteiger partial charge >= 0.3 is 6.03 Å². The lowest BCUT2D eigenvalue weighted by Crippen LogP contribution is -2.51. The Morgan fingerprint density at radius 2 is 2.12 bits per heavy atom. The van der Waals surface area contributed by atoms with Gasteiger partial charge in [-0.1, -0.05) is 31.2 Å². The molecule has 0 bridgehead atoms. The first-order valence-electron chi connectivity index (χ1n) is 8.60. The first kappa shape index (κ1) is 17.4. The normalized spacial score (nSPS) is 25.3. The van der Waals surface area contributed by atoms with E-state index in [-0.39, 0.29) is 18.5 Å². The Kier molecular flexibility index (Phi) is 4.51. The third-order valence-corrected chi connectivity index (χ3v) is 5.23. The number of nitrogens with one attached hydrogen (secondary N) is 2. The number of carbonyl (C=O) groups is 3. The van der Waals surface area contributed by atoms with Gasteiger partial charge in [0, 0.05) is 6.04 Å². The van der Waals surface area contributed by atoms with Crippen molar-refractivity contribution >= 4 is 17.8 Å². The summed E-state index contributed by atoms with van der Waals surface area (Å²) in [5.74, 6) is -0.807. The van der Waals surface area contributed by atoms with Gasteiger partial charge in [0.1, 0.15) is 5.54 Å². The van der Waals surface area contributed by atoms with Crippen molar-refractivity contribution in [1.29, 1.82) is 0 Å². The molecule has 1 heterocycles. The van der Waals surface area contributed by atoms with E-state index in [1.54, 1.807) is 6.92 Å². The molecule has 2 N–H and O–H groups in total. The van der Waals surface area contributed by atoms with Crippen LogP contribution in [0.25, 0.3) is 0 Å². The minimum atomic E-state index is -0.958. The van der Waals surface area contributed by atoms with E-state index in [0.29, 0.717) is 6.42 Å². The molecular formula is C18H24N4O3. The summed E-state index contributed by atoms with van der Waals surface area (Å²) in [7, 11) is 1.88. The molecule has 0 saturated carbocycles. The van der Waals surface area contributed by atoms with Crippen LogP contribution in [-0.4, -0.2) is 46.9 Å². The summed E-state index contributed by atoms with van der Waals surface area (Å²) >= 11 is 0. The second-order valence-corrected chi connectivity index (χ2v) is 6.96. The summed E-state index contributed by atoms with van der Waals surface area (Å²) in [6.07, 6.45) is 2.41. The summed E-state index contributed by atoms with van der Waals surface area (Å²) in [5, 5.41) is 3.41. The molecule has 0 unspecified atom stereocenters. The molecule has 2 atom stereocenters. The van der Waals surface area contributed by atoms with Crippen molar-refractivity contribution in [2.24, 2.45) is 0 Å². The number of carbonyl (C=O) groups excluding carboxylic acids is 3. The molecule has 7 heteroatoms. The first-order valence-corrected chi connectivity index (χ1v) is 8.60. The van der Waals surface area contributed by atoms with Crippen molar-refractivity contribution in [3.8, 4) is 0 Å². The van der Waals surface area contributed by atoms with Gasteiger partial charge in [0.25, 0.3) is 11.8 Å². The van der Waals surface area contributed by atoms with Gasteiger partial charge < -0.3 is 5.32 Å². The van der Waals surface area contributed by atoms with Gasteiger partial charge in [0.15, 0.2) is 0 Å². The second kappa shape index (κ2) is 6.48. The summed E-state index contributed by atoms with van der Waals surface area (Å²) in [6.45, 7) is 3.58. The van der Waals surface area contributed by atoms with Crippen molar-refractivity contribution in [3.05, 3.63) is 35.4 Å². The Morgan fingerprint density at radius 3 is 2.80 bits per heavy atom. The molecule has 0 aromatic heterocycles. The van der Waals surface area contributed by atoms with Crippen molar-refractivity contribution in [1.82, 2.24) is 20.7 Å². The quantitative estimate of drug-likeness (QED) is 0.790. The molecule has 134 valence electrons. The molecule has 3 rings (SSSR count). The van der Waals surface area contributed by atoms with E-state index in [1.807, 2.05) is 31.0 Å². The van der Waals surface area contributed by atoms with E-state index in [1.165, 1.54) is 11.1 Å². The number of hydrogen-bond acceptors (Lipinski definition) is 4. The molecule has 1 aliphatic carbocycles. The number of hydrogen-bond donors (Lipinski definition) is 2. The van der Waals surface area contributed by atoms with E-state index in [2.05, 4.69) is 22.9 Å². The average molecular weight is 344 g/mol. The molecule has 7 nitrogen and oxygen atoms in total. The van der Waals surface area contributed by atoms with E-state index in [9.17, 15) is 14.4 Å². The van der Waals surface area contributed by atoms with Crippen molar-refractivity contribution < 1.29 is 14.4 Å². The molecule has 1 aromatic carbocycles. The number of urea groups is 1. The van der Waals surface area contributed by atoms with Gasteiger partial charge in [-0.3, -0.25) is 19.9 Å². The highest BCUT2D eigenvalue weighted by molar-refractivity contribution is 6.07. The van der Waals surface area contributed by atoms with Crippen LogP contribution in [0.4, 0.5) is 4.79 Å². The number of fused-ring (bicyclic) bond motifs is 1. The molecule has 2 aliphatic rings. The van der Waals surface area contributed by atoms with Gasteiger partial charge in [-0.2, -0.15) is 5.01 Å². The first-order chi connectivity index (χ1) is 11.9. The highest BCUT2D eigenvalue weighted by Crippen LogP contribution is 2.34. The van der Waals surface area contributed by atoms with Crippen LogP contribution in [0.1, 0.15) is 43.9 Å². The van der Waals surface area contributed by atoms with Crippen LogP contribution in [0.2, 0.25) is 0 Å². The molecule has 1 fully saturated rings. The second-order valence-electron chi connectivity index (χ2n) is 6.96. The highest BCUT2D eigenvalue weighted by atomic mass is 16.2. The SMILES string of the molecule is CC[C@]1(C)NC(=O)N(NC(=O)CN(C)[C@H]2CCc3ccccc32)C1=O. The molecular weight excluding hydrogens is 320 g/mol. The zero-order valence-electron chi connectivity index (χ0n) is 14.8. The van der Waals surface area contributed by atoms with Gasteiger partial charge in [-0.25, -0.2) is 4.79 Å². The largest absolute Gasteiger partial charge is 0.344 e. The van der Waals surface area contributed by atoms with Crippen LogP contribution in [-0.2, 0) is 16.0 Å². The molecule has 1 aliphatic heterocycles. The molecule has 0 spiro atoms. The van der Waals surface area contributed by atoms with E-state index < -0.39 is 17.5 Å². The minimum absolute atomic E-state index is 0.110. The average Bonchev–Trinajstić information content (AvgIpc) is 3.10. The van der Waals surface area contributed by atoms with Crippen LogP contribution >= 0.6 is 0 Å². The van der Waals surface area contributed by atoms with Gasteiger partial charge in [0.05, 0.1) is 6.54 Å². The van der Waals surface area contributed by atoms with Gasteiger partial charge in [-0.05, 0) is 44.4 Å². The smallest absolute Gasteiger partial charge is 0.322 e. The maximum atomic E-state index is 12.3. The van der Waals surface area contributed by atoms with Crippen LogP contribution in [0.15, 0.2) is 24.3 Å². The standard InChI is InChI=1S/C18H24N4O3/c1-4-18(2)16(24)22(17(25)19-18)20-15(23)11-21(3)14-10-9-12-7-5-6-8-13(12)14/h5-8,14H,4,9-11H2,1-3H3,(H,19,25)(H,20,23)/t14-,18-/m0/s1. The molecule has 1 saturated heterocycles. The number of benzene rings is 1. The monoisotopic (exact) mass is 344 g/mol. The van der Waals surface area contributed by atoms with Crippen LogP contribution in [0.5, 0.6) is 0 Å². The highest BCUT2D eigenvalue weighted by Gasteiger charge is 2.47. The predicted octanol–water partition coefficient (Wildman–Crippen LogP) is 1.36. The summed E-state index contributed by atoms with van der Waals surface area (Å²) in [6, 6.07) is 7.82. The fraction of sp³-hybridized carbons (Fsp3) is 0.500. The van der Waals surface area contributed by atoms with Crippen LogP contribution < -0.4 is 10.7 Å². The third kappa shape index (κ3) is 3.11. The molecule has 4 amide bonds. The zero-order valence-corrected chi connectivity index (χ0v) is 14.8. The lowest BCUT2D eigenvalue weighted by atomic mass is 10.00. The fourth-order valence-electron chi connectivity index (χ4n) is 3.51. The van der Waals surface area contributed by atoms with E-state index in [4.69, 9.17) is 0 Å². The lowest BCUT2D eigenvalue weighted by molar-refractivity contribution is -0.139. The van der Waals surface area contributed by atoms with Gasteiger partial charge in [-0.15, -0.1) is 0 Å². The Hall–Kier alpha value is -2.41. The topological polar surface area (TPSA) is 81.8 Å². The van der Waals surface area contributed by atoms with Gasteiger partial charge in [0.2, 0.25) is 0 Å². The number of nitrogens with zero attached hydrogens (tertiary/aromatic N) is 2. The zero-order chi connectivity index (χ0) is 18.2. The number of hydrazine groups is 1. The summed E-state index contributed by atoms with van der Waals surface area (Å²) < 4.78 is 0. The van der Waals surface area contributed by atoms with Crippen LogP contribution in [0, 0.1) is 0 Å². The van der Waals surface area contributed by atoms with Crippen molar-refractivity contribution in [3.63, 3.8) is 0 Å². The Bertz CT molecular complexity index is 720. The van der Waals surface area contributed by atoms with Crippen molar-refractivity contribution in [2.75, 3.05) is 13.6 Å². The number of imide groups is 1. The minimum Gasteiger partial charge on any atom is -0.322 e. The number of aryl methyl sites for hydroxylation is 1. The maximum Gasteiger partial charge on any atom is 0.344 e. The molecule has 25 heavy (non-hydrogen) atoms. The van der Waals surface area contributed by atoms with E-state index in [0.717, 1.165) is 17.9 Å². The number of likely N-dealkylation sites (N-methyl/N-ethyl adjacent to an activating group) is 1. The number of rotatable bonds is 5. The molecule has 0 radical (unpaired) electrons. The number of amides is 4. The van der Waals surface area contributed by atoms with Crippen molar-refractivity contribution in [2.45, 2.75) is 44.7 Å². The predicted molar refractivity (Wildman–Crippen MR) is 92.4 cm³/mol. The maximum absolute atomic E-state index is 12.3. The van der Waals surface area contributed by atoms with E-state index >= 15 is 0 Å². The Labute approximate surface area is 147 Å². The lowest BCUT2D eigenvalue weighted by Gasteiger charge is -2.25. The van der Waals surface area contributed by atoms with Crippen LogP contribution in [0.3, 0.4) is 0 Å². The Balaban J connectivity index is 1.62. The molecule has 1 aromatic rings. The third-order valence-electron chi connectivity index (χ3n) is 5.23. The Morgan fingerprint density at radius 1 is 1.40 bits per heavy atom.